The summed E-state index contributed by atoms with van der Waals surface area (Å²) in [7, 11) is 0. The molecule has 0 radical (unpaired) electrons. The van der Waals surface area contributed by atoms with Crippen molar-refractivity contribution in [2.24, 2.45) is 5.41 Å². The summed E-state index contributed by atoms with van der Waals surface area (Å²) in [6, 6.07) is 1.76. The Balaban J connectivity index is 1.38. The molecule has 0 atom stereocenters. The van der Waals surface area contributed by atoms with Crippen molar-refractivity contribution in [2.75, 3.05) is 19.6 Å². The second-order valence-electron chi connectivity index (χ2n) is 6.36. The van der Waals surface area contributed by atoms with Crippen molar-refractivity contribution in [3.63, 3.8) is 0 Å². The summed E-state index contributed by atoms with van der Waals surface area (Å²) in [6.07, 6.45) is 10.0. The Morgan fingerprint density at radius 1 is 1.12 bits per heavy atom. The van der Waals surface area contributed by atoms with Gasteiger partial charge in [0.25, 0.3) is 0 Å². The summed E-state index contributed by atoms with van der Waals surface area (Å²) >= 11 is 0. The van der Waals surface area contributed by atoms with E-state index >= 15 is 0 Å². The van der Waals surface area contributed by atoms with Gasteiger partial charge in [-0.3, -0.25) is 4.90 Å². The molecule has 1 aliphatic heterocycles. The van der Waals surface area contributed by atoms with Gasteiger partial charge >= 0.3 is 0 Å². The van der Waals surface area contributed by atoms with E-state index in [0.717, 1.165) is 17.5 Å². The highest BCUT2D eigenvalue weighted by atomic mass is 15.2. The summed E-state index contributed by atoms with van der Waals surface area (Å²) in [4.78, 5) is 2.77. The molecule has 3 fully saturated rings. The van der Waals surface area contributed by atoms with Crippen LogP contribution in [0.25, 0.3) is 0 Å². The second-order valence-corrected chi connectivity index (χ2v) is 6.36. The van der Waals surface area contributed by atoms with Gasteiger partial charge in [-0.15, -0.1) is 0 Å². The molecule has 1 saturated heterocycles. The van der Waals surface area contributed by atoms with Gasteiger partial charge in [0.05, 0.1) is 0 Å². The molecule has 2 saturated carbocycles. The lowest BCUT2D eigenvalue weighted by Crippen LogP contribution is -2.55. The van der Waals surface area contributed by atoms with Gasteiger partial charge in [-0.1, -0.05) is 6.92 Å². The zero-order valence-electron chi connectivity index (χ0n) is 10.7. The van der Waals surface area contributed by atoms with Crippen LogP contribution in [0.3, 0.4) is 0 Å². The fourth-order valence-corrected chi connectivity index (χ4v) is 3.56. The van der Waals surface area contributed by atoms with Crippen molar-refractivity contribution in [3.05, 3.63) is 0 Å². The fraction of sp³-hybridized carbons (Fsp3) is 1.00. The molecule has 0 aromatic carbocycles. The fourth-order valence-electron chi connectivity index (χ4n) is 3.56. The highest BCUT2D eigenvalue weighted by molar-refractivity contribution is 5.07. The lowest BCUT2D eigenvalue weighted by molar-refractivity contribution is 0.0168. The van der Waals surface area contributed by atoms with Gasteiger partial charge in [0, 0.05) is 25.2 Å². The van der Waals surface area contributed by atoms with E-state index in [2.05, 4.69) is 17.1 Å². The maximum atomic E-state index is 3.68. The third-order valence-electron chi connectivity index (χ3n) is 4.93. The van der Waals surface area contributed by atoms with Crippen molar-refractivity contribution >= 4 is 0 Å². The predicted molar refractivity (Wildman–Crippen MR) is 67.6 cm³/mol. The average molecular weight is 222 g/mol. The third kappa shape index (κ3) is 2.14. The molecule has 0 unspecified atom stereocenters. The number of nitrogens with one attached hydrogen (secondary N) is 1. The van der Waals surface area contributed by atoms with Gasteiger partial charge in [-0.25, -0.2) is 0 Å². The number of hydrogen-bond donors (Lipinski definition) is 1. The number of rotatable bonds is 4. The molecular formula is C14H26N2. The van der Waals surface area contributed by atoms with Gasteiger partial charge in [-0.2, -0.15) is 0 Å². The van der Waals surface area contributed by atoms with E-state index in [1.165, 1.54) is 64.6 Å². The first-order chi connectivity index (χ1) is 7.81. The van der Waals surface area contributed by atoms with E-state index in [1.54, 1.807) is 0 Å². The van der Waals surface area contributed by atoms with Crippen LogP contribution in [0.1, 0.15) is 51.9 Å². The van der Waals surface area contributed by atoms with Crippen LogP contribution in [0.2, 0.25) is 0 Å². The SMILES string of the molecule is CCCNC1CCC(N2CC3(CC3)C2)CC1. The minimum Gasteiger partial charge on any atom is -0.314 e. The molecule has 3 aliphatic rings. The Bertz CT molecular complexity index is 231. The Kier molecular flexibility index (Phi) is 2.97. The Labute approximate surface area is 99.8 Å². The molecule has 92 valence electrons. The van der Waals surface area contributed by atoms with Crippen LogP contribution >= 0.6 is 0 Å². The van der Waals surface area contributed by atoms with E-state index in [4.69, 9.17) is 0 Å². The van der Waals surface area contributed by atoms with Crippen LogP contribution in [0.4, 0.5) is 0 Å². The number of likely N-dealkylation sites (tertiary alicyclic amines) is 1. The number of nitrogens with zero attached hydrogens (tertiary/aromatic N) is 1. The van der Waals surface area contributed by atoms with Gasteiger partial charge in [0.15, 0.2) is 0 Å². The van der Waals surface area contributed by atoms with Gasteiger partial charge in [0.2, 0.25) is 0 Å². The van der Waals surface area contributed by atoms with Crippen molar-refractivity contribution in [1.82, 2.24) is 10.2 Å². The van der Waals surface area contributed by atoms with Crippen molar-refractivity contribution in [2.45, 2.75) is 64.0 Å². The smallest absolute Gasteiger partial charge is 0.00968 e. The van der Waals surface area contributed by atoms with Crippen molar-refractivity contribution < 1.29 is 0 Å². The van der Waals surface area contributed by atoms with E-state index < -0.39 is 0 Å². The Morgan fingerprint density at radius 2 is 1.81 bits per heavy atom. The van der Waals surface area contributed by atoms with Crippen LogP contribution in [0.5, 0.6) is 0 Å². The maximum Gasteiger partial charge on any atom is 0.00968 e. The first-order valence-corrected chi connectivity index (χ1v) is 7.29. The molecule has 0 aromatic heterocycles. The Hall–Kier alpha value is -0.0800. The zero-order valence-corrected chi connectivity index (χ0v) is 10.7. The molecule has 1 heterocycles. The summed E-state index contributed by atoms with van der Waals surface area (Å²) in [6.45, 7) is 6.34. The molecule has 0 aromatic rings. The van der Waals surface area contributed by atoms with E-state index in [-0.39, 0.29) is 0 Å². The van der Waals surface area contributed by atoms with Gasteiger partial charge in [-0.05, 0) is 56.9 Å². The minimum atomic E-state index is 0.826. The summed E-state index contributed by atoms with van der Waals surface area (Å²) < 4.78 is 0. The lowest BCUT2D eigenvalue weighted by Gasteiger charge is -2.47. The minimum absolute atomic E-state index is 0.826. The third-order valence-corrected chi connectivity index (χ3v) is 4.93. The molecular weight excluding hydrogens is 196 g/mol. The second kappa shape index (κ2) is 4.30. The monoisotopic (exact) mass is 222 g/mol. The van der Waals surface area contributed by atoms with Crippen LogP contribution in [-0.2, 0) is 0 Å². The molecule has 2 aliphatic carbocycles. The summed E-state index contributed by atoms with van der Waals surface area (Å²) in [5.41, 5.74) is 0.845. The average Bonchev–Trinajstić information content (AvgIpc) is 3.05. The zero-order chi connectivity index (χ0) is 11.0. The Morgan fingerprint density at radius 3 is 2.38 bits per heavy atom. The largest absolute Gasteiger partial charge is 0.314 e. The quantitative estimate of drug-likeness (QED) is 0.786. The van der Waals surface area contributed by atoms with Crippen LogP contribution < -0.4 is 5.32 Å². The predicted octanol–water partition coefficient (Wildman–Crippen LogP) is 2.39. The lowest BCUT2D eigenvalue weighted by atomic mass is 9.85. The van der Waals surface area contributed by atoms with E-state index in [1.807, 2.05) is 0 Å². The molecule has 16 heavy (non-hydrogen) atoms. The topological polar surface area (TPSA) is 15.3 Å². The van der Waals surface area contributed by atoms with Crippen LogP contribution in [0.15, 0.2) is 0 Å². The van der Waals surface area contributed by atoms with Gasteiger partial charge in [0.1, 0.15) is 0 Å². The van der Waals surface area contributed by atoms with Crippen molar-refractivity contribution in [3.8, 4) is 0 Å². The summed E-state index contributed by atoms with van der Waals surface area (Å²) in [5, 5.41) is 3.68. The molecule has 0 bridgehead atoms. The van der Waals surface area contributed by atoms with Crippen LogP contribution in [0, 0.1) is 5.41 Å². The molecule has 2 heteroatoms. The molecule has 0 amide bonds. The standard InChI is InChI=1S/C14H26N2/c1-2-9-15-12-3-5-13(6-4-12)16-10-14(11-16)7-8-14/h12-13,15H,2-11H2,1H3. The first kappa shape index (κ1) is 11.0. The summed E-state index contributed by atoms with van der Waals surface area (Å²) in [5.74, 6) is 0. The van der Waals surface area contributed by atoms with E-state index in [9.17, 15) is 0 Å². The molecule has 1 N–H and O–H groups in total. The van der Waals surface area contributed by atoms with Gasteiger partial charge < -0.3 is 5.32 Å². The molecule has 3 rings (SSSR count). The molecule has 1 spiro atoms. The van der Waals surface area contributed by atoms with Crippen LogP contribution in [-0.4, -0.2) is 36.6 Å². The highest BCUT2D eigenvalue weighted by Gasteiger charge is 2.53. The first-order valence-electron chi connectivity index (χ1n) is 7.29. The maximum absolute atomic E-state index is 3.68. The molecule has 2 nitrogen and oxygen atoms in total. The van der Waals surface area contributed by atoms with E-state index in [0.29, 0.717) is 0 Å². The highest BCUT2D eigenvalue weighted by Crippen LogP contribution is 2.54. The van der Waals surface area contributed by atoms with Crippen molar-refractivity contribution in [1.29, 1.82) is 0 Å². The number of hydrogen-bond acceptors (Lipinski definition) is 2. The normalized spacial score (nSPS) is 37.3.